The van der Waals surface area contributed by atoms with E-state index >= 15 is 0 Å². The summed E-state index contributed by atoms with van der Waals surface area (Å²) in [5, 5.41) is 5.88. The van der Waals surface area contributed by atoms with Crippen LogP contribution in [0.4, 0.5) is 10.5 Å². The van der Waals surface area contributed by atoms with E-state index in [0.717, 1.165) is 58.4 Å². The second-order valence-corrected chi connectivity index (χ2v) is 13.8. The van der Waals surface area contributed by atoms with Crippen LogP contribution in [0, 0.1) is 17.8 Å². The molecular weight excluding hydrogens is 610 g/mol. The van der Waals surface area contributed by atoms with Crippen molar-refractivity contribution in [1.29, 1.82) is 0 Å². The predicted molar refractivity (Wildman–Crippen MR) is 183 cm³/mol. The van der Waals surface area contributed by atoms with Crippen molar-refractivity contribution < 1.29 is 28.7 Å². The van der Waals surface area contributed by atoms with E-state index in [9.17, 15) is 19.2 Å². The van der Waals surface area contributed by atoms with Crippen molar-refractivity contribution in [2.75, 3.05) is 58.3 Å². The maximum Gasteiger partial charge on any atom is 0.407 e. The Labute approximate surface area is 284 Å². The summed E-state index contributed by atoms with van der Waals surface area (Å²) in [4.78, 5) is 58.5. The van der Waals surface area contributed by atoms with Gasteiger partial charge in [-0.2, -0.15) is 0 Å². The van der Waals surface area contributed by atoms with Crippen LogP contribution < -0.4 is 10.6 Å². The quantitative estimate of drug-likeness (QED) is 0.341. The van der Waals surface area contributed by atoms with Crippen LogP contribution in [0.1, 0.15) is 61.9 Å². The Morgan fingerprint density at radius 1 is 0.896 bits per heavy atom. The molecule has 0 aromatic heterocycles. The summed E-state index contributed by atoms with van der Waals surface area (Å²) < 4.78 is 10.0. The summed E-state index contributed by atoms with van der Waals surface area (Å²) in [5.41, 5.74) is 2.27. The molecule has 2 N–H and O–H groups in total. The number of nitrogens with one attached hydrogen (secondary N) is 2. The van der Waals surface area contributed by atoms with Gasteiger partial charge < -0.3 is 25.0 Å². The molecule has 2 saturated heterocycles. The molecule has 11 nitrogen and oxygen atoms in total. The van der Waals surface area contributed by atoms with Crippen molar-refractivity contribution in [1.82, 2.24) is 20.0 Å². The van der Waals surface area contributed by atoms with Gasteiger partial charge in [0.2, 0.25) is 11.8 Å². The second-order valence-electron chi connectivity index (χ2n) is 13.8. The van der Waals surface area contributed by atoms with Crippen molar-refractivity contribution in [2.24, 2.45) is 17.8 Å². The molecule has 2 atom stereocenters. The molecule has 2 aromatic carbocycles. The molecule has 0 bridgehead atoms. The fourth-order valence-corrected chi connectivity index (χ4v) is 7.10. The number of rotatable bonds is 11. The number of hydrogen-bond donors (Lipinski definition) is 2. The number of hydrogen-bond acceptors (Lipinski definition) is 8. The first-order valence-electron chi connectivity index (χ1n) is 17.4. The molecule has 2 aromatic rings. The van der Waals surface area contributed by atoms with Gasteiger partial charge in [-0.3, -0.25) is 19.4 Å². The number of carbonyl (C=O) groups excluding carboxylic acids is 4. The Morgan fingerprint density at radius 3 is 2.23 bits per heavy atom. The van der Waals surface area contributed by atoms with Gasteiger partial charge in [0.05, 0.1) is 19.3 Å². The number of carbonyl (C=O) groups is 4. The van der Waals surface area contributed by atoms with Crippen LogP contribution in [-0.4, -0.2) is 104 Å². The van der Waals surface area contributed by atoms with Crippen molar-refractivity contribution in [2.45, 2.75) is 64.6 Å². The summed E-state index contributed by atoms with van der Waals surface area (Å²) in [5.74, 6) is -0.175. The van der Waals surface area contributed by atoms with E-state index in [1.54, 1.807) is 24.3 Å². The maximum atomic E-state index is 14.1. The van der Waals surface area contributed by atoms with Crippen molar-refractivity contribution in [3.8, 4) is 0 Å². The molecule has 2 heterocycles. The normalized spacial score (nSPS) is 23.5. The smallest absolute Gasteiger partial charge is 0.407 e. The largest absolute Gasteiger partial charge is 0.465 e. The van der Waals surface area contributed by atoms with Crippen molar-refractivity contribution in [3.05, 3.63) is 65.7 Å². The van der Waals surface area contributed by atoms with Gasteiger partial charge in [0.15, 0.2) is 0 Å². The predicted octanol–water partition coefficient (Wildman–Crippen LogP) is 4.39. The van der Waals surface area contributed by atoms with E-state index in [2.05, 4.69) is 44.7 Å². The second kappa shape index (κ2) is 16.9. The van der Waals surface area contributed by atoms with E-state index in [1.807, 2.05) is 24.8 Å². The molecule has 2 aliphatic heterocycles. The van der Waals surface area contributed by atoms with Gasteiger partial charge in [-0.05, 0) is 73.8 Å². The Hall–Kier alpha value is -3.96. The molecular formula is C37H51N5O6. The van der Waals surface area contributed by atoms with Crippen LogP contribution >= 0.6 is 0 Å². The lowest BCUT2D eigenvalue weighted by atomic mass is 9.81. The molecule has 11 heteroatoms. The van der Waals surface area contributed by atoms with Crippen LogP contribution in [0.3, 0.4) is 0 Å². The SMILES string of the molecule is COC(=O)c1ccc(NC(=O)[C@@H]2C[C@H](N3CCN(Cc4ccccc4)CC3)CN2C(=O)C2CCC(CNC(=O)OCC(C)C)CC2)cc1. The van der Waals surface area contributed by atoms with Gasteiger partial charge in [0.1, 0.15) is 6.04 Å². The molecule has 0 unspecified atom stereocenters. The summed E-state index contributed by atoms with van der Waals surface area (Å²) in [6.45, 7) is 10.0. The zero-order chi connectivity index (χ0) is 34.0. The fraction of sp³-hybridized carbons (Fsp3) is 0.568. The molecule has 5 rings (SSSR count). The Kier molecular flexibility index (Phi) is 12.5. The molecule has 3 aliphatic rings. The number of ether oxygens (including phenoxy) is 2. The minimum atomic E-state index is -0.583. The van der Waals surface area contributed by atoms with Crippen LogP contribution in [0.25, 0.3) is 0 Å². The average molecular weight is 662 g/mol. The highest BCUT2D eigenvalue weighted by Gasteiger charge is 2.44. The molecule has 48 heavy (non-hydrogen) atoms. The van der Waals surface area contributed by atoms with E-state index < -0.39 is 12.0 Å². The summed E-state index contributed by atoms with van der Waals surface area (Å²) >= 11 is 0. The number of alkyl carbamates (subject to hydrolysis) is 1. The number of nitrogens with zero attached hydrogens (tertiary/aromatic N) is 3. The number of likely N-dealkylation sites (tertiary alicyclic amines) is 1. The van der Waals surface area contributed by atoms with Gasteiger partial charge in [-0.25, -0.2) is 9.59 Å². The van der Waals surface area contributed by atoms with Crippen LogP contribution in [0.5, 0.6) is 0 Å². The first kappa shape index (κ1) is 35.3. The Balaban J connectivity index is 1.20. The lowest BCUT2D eigenvalue weighted by Gasteiger charge is -2.38. The first-order valence-corrected chi connectivity index (χ1v) is 17.4. The monoisotopic (exact) mass is 661 g/mol. The van der Waals surface area contributed by atoms with Crippen LogP contribution in [0.15, 0.2) is 54.6 Å². The van der Waals surface area contributed by atoms with Crippen molar-refractivity contribution in [3.63, 3.8) is 0 Å². The van der Waals surface area contributed by atoms with Gasteiger partial charge in [0, 0.05) is 63.5 Å². The van der Waals surface area contributed by atoms with E-state index in [1.165, 1.54) is 12.7 Å². The van der Waals surface area contributed by atoms with Gasteiger partial charge in [0.25, 0.3) is 0 Å². The molecule has 1 aliphatic carbocycles. The molecule has 260 valence electrons. The number of benzene rings is 2. The number of anilines is 1. The third kappa shape index (κ3) is 9.56. The molecule has 0 spiro atoms. The lowest BCUT2D eigenvalue weighted by Crippen LogP contribution is -2.51. The highest BCUT2D eigenvalue weighted by Crippen LogP contribution is 2.33. The maximum absolute atomic E-state index is 14.1. The van der Waals surface area contributed by atoms with E-state index in [-0.39, 0.29) is 35.8 Å². The Morgan fingerprint density at radius 2 is 1.58 bits per heavy atom. The zero-order valence-corrected chi connectivity index (χ0v) is 28.6. The molecule has 3 fully saturated rings. The van der Waals surface area contributed by atoms with Gasteiger partial charge in [-0.15, -0.1) is 0 Å². The number of amides is 3. The third-order valence-electron chi connectivity index (χ3n) is 9.89. The third-order valence-corrected chi connectivity index (χ3v) is 9.89. The minimum Gasteiger partial charge on any atom is -0.465 e. The molecule has 3 amide bonds. The van der Waals surface area contributed by atoms with E-state index in [0.29, 0.717) is 43.3 Å². The van der Waals surface area contributed by atoms with Crippen molar-refractivity contribution >= 4 is 29.6 Å². The topological polar surface area (TPSA) is 121 Å². The summed E-state index contributed by atoms with van der Waals surface area (Å²) in [7, 11) is 1.33. The lowest BCUT2D eigenvalue weighted by molar-refractivity contribution is -0.141. The summed E-state index contributed by atoms with van der Waals surface area (Å²) in [6.07, 6.45) is 3.33. The highest BCUT2D eigenvalue weighted by molar-refractivity contribution is 5.98. The van der Waals surface area contributed by atoms with E-state index in [4.69, 9.17) is 9.47 Å². The van der Waals surface area contributed by atoms with Gasteiger partial charge in [-0.1, -0.05) is 44.2 Å². The minimum absolute atomic E-state index is 0.0455. The standard InChI is InChI=1S/C37H51N5O6/c1-26(2)25-48-37(46)38-22-27-9-11-29(12-10-27)35(44)42-24-32(41-19-17-40(18-20-41)23-28-7-5-4-6-8-28)21-33(42)34(43)39-31-15-13-30(14-16-31)36(45)47-3/h4-8,13-16,26-27,29,32-33H,9-12,17-25H2,1-3H3,(H,38,46)(H,39,43)/t27?,29?,32-,33-/m0/s1. The zero-order valence-electron chi connectivity index (χ0n) is 28.6. The average Bonchev–Trinajstić information content (AvgIpc) is 3.56. The number of piperazine rings is 1. The van der Waals surface area contributed by atoms with Crippen LogP contribution in [0.2, 0.25) is 0 Å². The van der Waals surface area contributed by atoms with Gasteiger partial charge >= 0.3 is 12.1 Å². The molecule has 0 radical (unpaired) electrons. The first-order chi connectivity index (χ1) is 23.2. The number of methoxy groups -OCH3 is 1. The fourth-order valence-electron chi connectivity index (χ4n) is 7.10. The summed E-state index contributed by atoms with van der Waals surface area (Å²) in [6, 6.07) is 16.6. The Bertz CT molecular complexity index is 1370. The molecule has 1 saturated carbocycles. The highest BCUT2D eigenvalue weighted by atomic mass is 16.5. The number of esters is 1. The van der Waals surface area contributed by atoms with Crippen LogP contribution in [-0.2, 0) is 25.6 Å².